The van der Waals surface area contributed by atoms with E-state index in [0.29, 0.717) is 31.5 Å². The van der Waals surface area contributed by atoms with E-state index in [2.05, 4.69) is 11.8 Å². The molecule has 1 N–H and O–H groups in total. The van der Waals surface area contributed by atoms with Crippen LogP contribution in [-0.2, 0) is 12.6 Å². The number of aliphatic hydroxyl groups is 1. The van der Waals surface area contributed by atoms with E-state index in [1.807, 2.05) is 0 Å². The SMILES string of the molecule is CC1CC(O)(Cc2ccc(C(F)(F)F)cc2)CN1C1CC1. The Morgan fingerprint density at radius 3 is 2.38 bits per heavy atom. The van der Waals surface area contributed by atoms with E-state index < -0.39 is 17.3 Å². The molecule has 0 amide bonds. The highest BCUT2D eigenvalue weighted by atomic mass is 19.4. The monoisotopic (exact) mass is 299 g/mol. The van der Waals surface area contributed by atoms with Crippen molar-refractivity contribution >= 4 is 0 Å². The minimum Gasteiger partial charge on any atom is -0.388 e. The highest BCUT2D eigenvalue weighted by molar-refractivity contribution is 5.26. The molecule has 1 aromatic carbocycles. The van der Waals surface area contributed by atoms with Crippen LogP contribution in [-0.4, -0.2) is 34.2 Å². The zero-order valence-corrected chi connectivity index (χ0v) is 12.0. The van der Waals surface area contributed by atoms with Gasteiger partial charge >= 0.3 is 6.18 Å². The molecule has 2 atom stereocenters. The van der Waals surface area contributed by atoms with Gasteiger partial charge in [0.25, 0.3) is 0 Å². The largest absolute Gasteiger partial charge is 0.416 e. The molecule has 2 unspecified atom stereocenters. The van der Waals surface area contributed by atoms with Crippen molar-refractivity contribution in [1.29, 1.82) is 0 Å². The lowest BCUT2D eigenvalue weighted by atomic mass is 9.92. The normalized spacial score (nSPS) is 30.8. The average molecular weight is 299 g/mol. The van der Waals surface area contributed by atoms with Gasteiger partial charge in [0.15, 0.2) is 0 Å². The fourth-order valence-electron chi connectivity index (χ4n) is 3.44. The van der Waals surface area contributed by atoms with Crippen molar-refractivity contribution in [2.24, 2.45) is 0 Å². The average Bonchev–Trinajstić information content (AvgIpc) is 3.15. The fraction of sp³-hybridized carbons (Fsp3) is 0.625. The first kappa shape index (κ1) is 14.9. The molecule has 1 heterocycles. The van der Waals surface area contributed by atoms with Gasteiger partial charge in [-0.05, 0) is 43.9 Å². The predicted octanol–water partition coefficient (Wildman–Crippen LogP) is 3.24. The molecule has 5 heteroatoms. The Morgan fingerprint density at radius 1 is 1.24 bits per heavy atom. The summed E-state index contributed by atoms with van der Waals surface area (Å²) in [6.07, 6.45) is -0.815. The van der Waals surface area contributed by atoms with Crippen molar-refractivity contribution in [2.75, 3.05) is 6.54 Å². The van der Waals surface area contributed by atoms with Crippen LogP contribution in [0.3, 0.4) is 0 Å². The van der Waals surface area contributed by atoms with Gasteiger partial charge in [-0.25, -0.2) is 0 Å². The van der Waals surface area contributed by atoms with Gasteiger partial charge in [0.1, 0.15) is 0 Å². The van der Waals surface area contributed by atoms with Crippen LogP contribution in [0, 0.1) is 0 Å². The summed E-state index contributed by atoms with van der Waals surface area (Å²) in [5.41, 5.74) is -0.699. The Labute approximate surface area is 122 Å². The van der Waals surface area contributed by atoms with E-state index in [1.54, 1.807) is 0 Å². The quantitative estimate of drug-likeness (QED) is 0.926. The Balaban J connectivity index is 1.68. The molecule has 1 aliphatic heterocycles. The summed E-state index contributed by atoms with van der Waals surface area (Å²) in [6.45, 7) is 2.74. The molecule has 1 aliphatic carbocycles. The Morgan fingerprint density at radius 2 is 1.86 bits per heavy atom. The number of halogens is 3. The van der Waals surface area contributed by atoms with E-state index in [-0.39, 0.29) is 0 Å². The highest BCUT2D eigenvalue weighted by Gasteiger charge is 2.45. The summed E-state index contributed by atoms with van der Waals surface area (Å²) in [7, 11) is 0. The molecule has 2 nitrogen and oxygen atoms in total. The zero-order chi connectivity index (χ0) is 15.3. The first-order chi connectivity index (χ1) is 9.77. The lowest BCUT2D eigenvalue weighted by Crippen LogP contribution is -2.36. The predicted molar refractivity (Wildman–Crippen MR) is 73.9 cm³/mol. The molecular formula is C16H20F3NO. The standard InChI is InChI=1S/C16H20F3NO/c1-11-8-15(21,10-20(11)14-6-7-14)9-12-2-4-13(5-3-12)16(17,18)19/h2-5,11,14,21H,6-10H2,1H3. The number of hydrogen-bond donors (Lipinski definition) is 1. The van der Waals surface area contributed by atoms with Crippen LogP contribution in [0.4, 0.5) is 13.2 Å². The maximum atomic E-state index is 12.5. The summed E-state index contributed by atoms with van der Waals surface area (Å²) >= 11 is 0. The minimum absolute atomic E-state index is 0.344. The lowest BCUT2D eigenvalue weighted by Gasteiger charge is -2.24. The minimum atomic E-state index is -4.31. The fourth-order valence-corrected chi connectivity index (χ4v) is 3.44. The maximum absolute atomic E-state index is 12.5. The van der Waals surface area contributed by atoms with Crippen LogP contribution in [0.15, 0.2) is 24.3 Å². The van der Waals surface area contributed by atoms with E-state index in [4.69, 9.17) is 0 Å². The smallest absolute Gasteiger partial charge is 0.388 e. The van der Waals surface area contributed by atoms with Gasteiger partial charge in [0, 0.05) is 25.0 Å². The summed E-state index contributed by atoms with van der Waals surface area (Å²) in [5, 5.41) is 10.7. The van der Waals surface area contributed by atoms with Crippen molar-refractivity contribution in [2.45, 2.75) is 56.5 Å². The van der Waals surface area contributed by atoms with Gasteiger partial charge in [0.2, 0.25) is 0 Å². The topological polar surface area (TPSA) is 23.5 Å². The van der Waals surface area contributed by atoms with E-state index in [9.17, 15) is 18.3 Å². The van der Waals surface area contributed by atoms with Crippen LogP contribution in [0.25, 0.3) is 0 Å². The molecule has 21 heavy (non-hydrogen) atoms. The summed E-state index contributed by atoms with van der Waals surface area (Å²) in [6, 6.07) is 6.08. The number of β-amino-alcohol motifs (C(OH)–C–C–N with tert-alkyl or cyclic N) is 1. The lowest BCUT2D eigenvalue weighted by molar-refractivity contribution is -0.137. The molecule has 116 valence electrons. The molecular weight excluding hydrogens is 279 g/mol. The van der Waals surface area contributed by atoms with Gasteiger partial charge < -0.3 is 5.11 Å². The molecule has 1 saturated carbocycles. The molecule has 0 spiro atoms. The molecule has 1 saturated heterocycles. The Hall–Kier alpha value is -1.07. The molecule has 0 radical (unpaired) electrons. The van der Waals surface area contributed by atoms with Crippen LogP contribution in [0.5, 0.6) is 0 Å². The van der Waals surface area contributed by atoms with E-state index >= 15 is 0 Å². The van der Waals surface area contributed by atoms with Crippen molar-refractivity contribution < 1.29 is 18.3 Å². The molecule has 3 rings (SSSR count). The Bertz CT molecular complexity index is 509. The van der Waals surface area contributed by atoms with Crippen LogP contribution in [0.1, 0.15) is 37.3 Å². The van der Waals surface area contributed by atoms with Crippen LogP contribution >= 0.6 is 0 Å². The molecule has 0 bridgehead atoms. The second-order valence-electron chi connectivity index (χ2n) is 6.55. The van der Waals surface area contributed by atoms with Crippen LogP contribution in [0.2, 0.25) is 0 Å². The first-order valence-corrected chi connectivity index (χ1v) is 7.41. The molecule has 0 aromatic heterocycles. The van der Waals surface area contributed by atoms with Crippen molar-refractivity contribution in [1.82, 2.24) is 4.90 Å². The summed E-state index contributed by atoms with van der Waals surface area (Å²) in [4.78, 5) is 2.34. The van der Waals surface area contributed by atoms with Gasteiger partial charge in [0.05, 0.1) is 11.2 Å². The highest BCUT2D eigenvalue weighted by Crippen LogP contribution is 2.38. The van der Waals surface area contributed by atoms with Crippen LogP contribution < -0.4 is 0 Å². The first-order valence-electron chi connectivity index (χ1n) is 7.41. The number of nitrogens with zero attached hydrogens (tertiary/aromatic N) is 1. The third kappa shape index (κ3) is 3.24. The third-order valence-electron chi connectivity index (χ3n) is 4.55. The molecule has 2 aliphatic rings. The van der Waals surface area contributed by atoms with Crippen molar-refractivity contribution in [3.05, 3.63) is 35.4 Å². The zero-order valence-electron chi connectivity index (χ0n) is 12.0. The Kier molecular flexibility index (Phi) is 3.53. The summed E-state index contributed by atoms with van der Waals surface area (Å²) < 4.78 is 37.6. The van der Waals surface area contributed by atoms with Crippen molar-refractivity contribution in [3.63, 3.8) is 0 Å². The third-order valence-corrected chi connectivity index (χ3v) is 4.55. The van der Waals surface area contributed by atoms with Crippen molar-refractivity contribution in [3.8, 4) is 0 Å². The van der Waals surface area contributed by atoms with Gasteiger partial charge in [-0.15, -0.1) is 0 Å². The number of benzene rings is 1. The maximum Gasteiger partial charge on any atom is 0.416 e. The van der Waals surface area contributed by atoms with Gasteiger partial charge in [-0.1, -0.05) is 12.1 Å². The van der Waals surface area contributed by atoms with Gasteiger partial charge in [-0.2, -0.15) is 13.2 Å². The molecule has 2 fully saturated rings. The van der Waals surface area contributed by atoms with E-state index in [0.717, 1.165) is 17.7 Å². The van der Waals surface area contributed by atoms with E-state index in [1.165, 1.54) is 25.0 Å². The number of likely N-dealkylation sites (tertiary alicyclic amines) is 1. The number of alkyl halides is 3. The summed E-state index contributed by atoms with van der Waals surface area (Å²) in [5.74, 6) is 0. The number of rotatable bonds is 3. The second-order valence-corrected chi connectivity index (χ2v) is 6.55. The molecule has 1 aromatic rings. The second kappa shape index (κ2) is 4.99. The van der Waals surface area contributed by atoms with Gasteiger partial charge in [-0.3, -0.25) is 4.90 Å². The number of hydrogen-bond acceptors (Lipinski definition) is 2.